The molecule has 2 amide bonds. The number of carbonyl (C=O) groups is 3. The van der Waals surface area contributed by atoms with E-state index in [2.05, 4.69) is 0 Å². The number of amides is 2. The molecular weight excluding hydrogens is 803 g/mol. The van der Waals surface area contributed by atoms with Crippen molar-refractivity contribution in [1.29, 1.82) is 0 Å². The van der Waals surface area contributed by atoms with Crippen LogP contribution in [0.2, 0.25) is 0 Å². The fourth-order valence-electron chi connectivity index (χ4n) is 8.22. The number of imide groups is 1. The van der Waals surface area contributed by atoms with E-state index in [1.165, 1.54) is 7.11 Å². The SMILES string of the molecule is CO[C@H]1O[C@H](CO)[C@@H](OCc2ccccc2)[C@H](OCc2ccccc2)[C@@H]1OCCCc1oc(C(=O)[C@H](Cc2ccccc2)C(=O)N2C(=O)OC[C@H]2C(C)C)cc1-c1cccc(C)c1. The molecule has 0 aliphatic carbocycles. The first kappa shape index (κ1) is 45.6. The van der Waals surface area contributed by atoms with Crippen LogP contribution in [0.3, 0.4) is 0 Å². The van der Waals surface area contributed by atoms with Gasteiger partial charge in [-0.3, -0.25) is 9.59 Å². The third-order valence-electron chi connectivity index (χ3n) is 11.6. The molecule has 0 unspecified atom stereocenters. The van der Waals surface area contributed by atoms with Gasteiger partial charge in [-0.25, -0.2) is 9.69 Å². The summed E-state index contributed by atoms with van der Waals surface area (Å²) in [7, 11) is 1.52. The van der Waals surface area contributed by atoms with Crippen LogP contribution in [0.1, 0.15) is 58.8 Å². The van der Waals surface area contributed by atoms with E-state index in [4.69, 9.17) is 32.8 Å². The number of rotatable bonds is 20. The highest BCUT2D eigenvalue weighted by Gasteiger charge is 2.49. The van der Waals surface area contributed by atoms with Gasteiger partial charge < -0.3 is 37.9 Å². The van der Waals surface area contributed by atoms with Gasteiger partial charge in [0.2, 0.25) is 11.7 Å². The molecule has 7 rings (SSSR count). The quantitative estimate of drug-likeness (QED) is 0.0460. The number of aryl methyl sites for hydroxylation is 2. The van der Waals surface area contributed by atoms with Gasteiger partial charge in [0.15, 0.2) is 12.1 Å². The van der Waals surface area contributed by atoms with Gasteiger partial charge in [-0.2, -0.15) is 0 Å². The predicted molar refractivity (Wildman–Crippen MR) is 235 cm³/mol. The maximum absolute atomic E-state index is 14.6. The standard InChI is InChI=1S/C51H57NO11/c1-33(2)41-32-61-51(56)52(41)49(55)40(27-35-17-8-5-9-18-35)45(54)43-28-39(38-23-14-16-34(3)26-38)42(62-43)24-15-25-58-48-47(60-31-37-21-12-7-13-22-37)46(44(29-53)63-50(48)57-4)59-30-36-19-10-6-11-20-36/h5-14,16-23,26,28,33,40-41,44,46-48,50,53H,15,24-25,27,29-32H2,1-4H3/t40-,41-,44+,46+,47-,48-,50-/m0/s1. The molecule has 3 heterocycles. The number of nitrogens with zero attached hydrogens (tertiary/aromatic N) is 1. The van der Waals surface area contributed by atoms with Crippen molar-refractivity contribution < 1.29 is 52.3 Å². The van der Waals surface area contributed by atoms with Crippen molar-refractivity contribution in [3.05, 3.63) is 155 Å². The van der Waals surface area contributed by atoms with Gasteiger partial charge in [0.1, 0.15) is 42.7 Å². The Morgan fingerprint density at radius 1 is 0.794 bits per heavy atom. The van der Waals surface area contributed by atoms with Crippen molar-refractivity contribution in [2.75, 3.05) is 26.9 Å². The molecule has 5 aromatic rings. The van der Waals surface area contributed by atoms with Crippen LogP contribution >= 0.6 is 0 Å². The largest absolute Gasteiger partial charge is 0.457 e. The molecule has 332 valence electrons. The Hall–Kier alpha value is -5.47. The monoisotopic (exact) mass is 859 g/mol. The predicted octanol–water partition coefficient (Wildman–Crippen LogP) is 8.15. The molecule has 0 bridgehead atoms. The van der Waals surface area contributed by atoms with Crippen molar-refractivity contribution in [3.63, 3.8) is 0 Å². The number of benzene rings is 4. The van der Waals surface area contributed by atoms with Crippen molar-refractivity contribution in [1.82, 2.24) is 4.90 Å². The average Bonchev–Trinajstić information content (AvgIpc) is 3.92. The number of hydrogen-bond acceptors (Lipinski definition) is 11. The molecule has 1 aromatic heterocycles. The molecular formula is C51H57NO11. The number of aliphatic hydroxyl groups excluding tert-OH is 1. The van der Waals surface area contributed by atoms with Gasteiger partial charge in [-0.15, -0.1) is 0 Å². The second-order valence-corrected chi connectivity index (χ2v) is 16.4. The second kappa shape index (κ2) is 21.7. The van der Waals surface area contributed by atoms with E-state index in [0.717, 1.165) is 32.7 Å². The maximum Gasteiger partial charge on any atom is 0.417 e. The number of cyclic esters (lactones) is 1. The number of aliphatic hydroxyl groups is 1. The molecule has 2 saturated heterocycles. The summed E-state index contributed by atoms with van der Waals surface area (Å²) in [5.41, 5.74) is 5.27. The Balaban J connectivity index is 1.13. The molecule has 0 radical (unpaired) electrons. The number of furan rings is 1. The number of hydrogen-bond donors (Lipinski definition) is 1. The van der Waals surface area contributed by atoms with Gasteiger partial charge >= 0.3 is 6.09 Å². The summed E-state index contributed by atoms with van der Waals surface area (Å²) < 4.78 is 43.5. The molecule has 63 heavy (non-hydrogen) atoms. The van der Waals surface area contributed by atoms with Crippen LogP contribution in [0.25, 0.3) is 11.1 Å². The number of carbonyl (C=O) groups excluding carboxylic acids is 3. The summed E-state index contributed by atoms with van der Waals surface area (Å²) in [5, 5.41) is 10.5. The lowest BCUT2D eigenvalue weighted by Crippen LogP contribution is -2.61. The highest BCUT2D eigenvalue weighted by Crippen LogP contribution is 2.34. The first-order chi connectivity index (χ1) is 30.6. The second-order valence-electron chi connectivity index (χ2n) is 16.4. The van der Waals surface area contributed by atoms with E-state index in [0.29, 0.717) is 24.2 Å². The molecule has 12 nitrogen and oxygen atoms in total. The fourth-order valence-corrected chi connectivity index (χ4v) is 8.22. The molecule has 0 saturated carbocycles. The highest BCUT2D eigenvalue weighted by molar-refractivity contribution is 6.12. The summed E-state index contributed by atoms with van der Waals surface area (Å²) in [5.74, 6) is -1.89. The summed E-state index contributed by atoms with van der Waals surface area (Å²) >= 11 is 0. The Morgan fingerprint density at radius 3 is 2.03 bits per heavy atom. The third-order valence-corrected chi connectivity index (χ3v) is 11.6. The topological polar surface area (TPSA) is 143 Å². The van der Waals surface area contributed by atoms with E-state index in [1.54, 1.807) is 6.07 Å². The molecule has 1 N–H and O–H groups in total. The van der Waals surface area contributed by atoms with E-state index >= 15 is 0 Å². The van der Waals surface area contributed by atoms with Crippen LogP contribution in [-0.4, -0.2) is 91.5 Å². The van der Waals surface area contributed by atoms with Crippen molar-refractivity contribution in [3.8, 4) is 11.1 Å². The zero-order chi connectivity index (χ0) is 44.3. The number of Topliss-reactive ketones (excluding diaryl/α,β-unsaturated/α-hetero) is 1. The summed E-state index contributed by atoms with van der Waals surface area (Å²) in [4.78, 5) is 43.1. The van der Waals surface area contributed by atoms with Crippen LogP contribution in [0.15, 0.2) is 126 Å². The first-order valence-electron chi connectivity index (χ1n) is 21.6. The first-order valence-corrected chi connectivity index (χ1v) is 21.6. The number of ether oxygens (including phenoxy) is 6. The van der Waals surface area contributed by atoms with E-state index < -0.39 is 60.4 Å². The van der Waals surface area contributed by atoms with Crippen molar-refractivity contribution in [2.24, 2.45) is 11.8 Å². The molecule has 7 atom stereocenters. The molecule has 0 spiro atoms. The maximum atomic E-state index is 14.6. The van der Waals surface area contributed by atoms with Gasteiger partial charge in [-0.05, 0) is 54.0 Å². The summed E-state index contributed by atoms with van der Waals surface area (Å²) in [6.45, 7) is 6.31. The number of ketones is 1. The van der Waals surface area contributed by atoms with Gasteiger partial charge in [-0.1, -0.05) is 135 Å². The molecule has 2 aliphatic rings. The Morgan fingerprint density at radius 2 is 1.43 bits per heavy atom. The van der Waals surface area contributed by atoms with Crippen LogP contribution in [-0.2, 0) is 59.3 Å². The van der Waals surface area contributed by atoms with Gasteiger partial charge in [0.05, 0.1) is 25.9 Å². The number of methoxy groups -OCH3 is 1. The highest BCUT2D eigenvalue weighted by atomic mass is 16.7. The minimum absolute atomic E-state index is 0.0216. The van der Waals surface area contributed by atoms with Crippen LogP contribution < -0.4 is 0 Å². The zero-order valence-electron chi connectivity index (χ0n) is 36.3. The van der Waals surface area contributed by atoms with Crippen LogP contribution in [0.4, 0.5) is 4.79 Å². The van der Waals surface area contributed by atoms with Gasteiger partial charge in [0, 0.05) is 25.7 Å². The zero-order valence-corrected chi connectivity index (χ0v) is 36.3. The van der Waals surface area contributed by atoms with Crippen LogP contribution in [0.5, 0.6) is 0 Å². The summed E-state index contributed by atoms with van der Waals surface area (Å²) in [6.07, 6.45) is -3.62. The van der Waals surface area contributed by atoms with E-state index in [1.807, 2.05) is 136 Å². The van der Waals surface area contributed by atoms with E-state index in [9.17, 15) is 19.5 Å². The Bertz CT molecular complexity index is 2250. The normalized spacial score (nSPS) is 21.7. The lowest BCUT2D eigenvalue weighted by atomic mass is 9.91. The molecule has 12 heteroatoms. The van der Waals surface area contributed by atoms with Crippen molar-refractivity contribution in [2.45, 2.75) is 90.0 Å². The Labute approximate surface area is 369 Å². The molecule has 2 aliphatic heterocycles. The van der Waals surface area contributed by atoms with Crippen LogP contribution in [0, 0.1) is 18.8 Å². The Kier molecular flexibility index (Phi) is 15.7. The van der Waals surface area contributed by atoms with Gasteiger partial charge in [0.25, 0.3) is 0 Å². The fraction of sp³-hybridized carbons (Fsp3) is 0.392. The minimum atomic E-state index is -1.24. The van der Waals surface area contributed by atoms with E-state index in [-0.39, 0.29) is 51.1 Å². The average molecular weight is 860 g/mol. The lowest BCUT2D eigenvalue weighted by Gasteiger charge is -2.45. The lowest BCUT2D eigenvalue weighted by molar-refractivity contribution is -0.319. The smallest absolute Gasteiger partial charge is 0.417 e. The summed E-state index contributed by atoms with van der Waals surface area (Å²) in [6, 6.07) is 37.9. The molecule has 4 aromatic carbocycles. The third kappa shape index (κ3) is 11.2. The minimum Gasteiger partial charge on any atom is -0.457 e. The molecule has 2 fully saturated rings. The van der Waals surface area contributed by atoms with Crippen molar-refractivity contribution >= 4 is 17.8 Å².